The average Bonchev–Trinajstić information content (AvgIpc) is 2.85. The monoisotopic (exact) mass is 462 g/mol. The van der Waals surface area contributed by atoms with Crippen LogP contribution >= 0.6 is 11.8 Å². The van der Waals surface area contributed by atoms with Gasteiger partial charge in [-0.1, -0.05) is 49.1 Å². The summed E-state index contributed by atoms with van der Waals surface area (Å²) in [7, 11) is 1.56. The Kier molecular flexibility index (Phi) is 8.22. The standard InChI is InChI=1S/C26H26N2O4S/c1-5-13-31-26(29)23-17(2)28-25(33-4)20(15-27)24(23)19-11-12-21(22(14-19)30-3)32-16-18-9-7-6-8-10-18/h5-12,14,24,28H,1,13,16H2,2-4H3/t24-/m0/s1. The highest BCUT2D eigenvalue weighted by molar-refractivity contribution is 8.02. The molecule has 33 heavy (non-hydrogen) atoms. The number of carbonyl (C=O) groups is 1. The summed E-state index contributed by atoms with van der Waals surface area (Å²) in [6.07, 6.45) is 3.39. The quantitative estimate of drug-likeness (QED) is 0.412. The summed E-state index contributed by atoms with van der Waals surface area (Å²) in [6, 6.07) is 17.6. The van der Waals surface area contributed by atoms with E-state index in [1.165, 1.54) is 17.8 Å². The second kappa shape index (κ2) is 11.3. The van der Waals surface area contributed by atoms with Crippen molar-refractivity contribution in [3.63, 3.8) is 0 Å². The molecule has 0 spiro atoms. The Balaban J connectivity index is 2.01. The van der Waals surface area contributed by atoms with Gasteiger partial charge in [-0.2, -0.15) is 5.26 Å². The van der Waals surface area contributed by atoms with Gasteiger partial charge in [0.15, 0.2) is 11.5 Å². The number of benzene rings is 2. The number of dihydropyridines is 1. The van der Waals surface area contributed by atoms with Gasteiger partial charge in [-0.15, -0.1) is 11.8 Å². The summed E-state index contributed by atoms with van der Waals surface area (Å²) in [4.78, 5) is 12.9. The van der Waals surface area contributed by atoms with Crippen LogP contribution in [0.25, 0.3) is 0 Å². The van der Waals surface area contributed by atoms with E-state index in [9.17, 15) is 10.1 Å². The maximum Gasteiger partial charge on any atom is 0.337 e. The summed E-state index contributed by atoms with van der Waals surface area (Å²) in [5.41, 5.74) is 3.23. The minimum atomic E-state index is -0.604. The molecule has 0 saturated heterocycles. The zero-order valence-electron chi connectivity index (χ0n) is 18.9. The van der Waals surface area contributed by atoms with Gasteiger partial charge >= 0.3 is 5.97 Å². The molecule has 0 amide bonds. The number of methoxy groups -OCH3 is 1. The highest BCUT2D eigenvalue weighted by Gasteiger charge is 2.35. The lowest BCUT2D eigenvalue weighted by Crippen LogP contribution is -2.28. The highest BCUT2D eigenvalue weighted by atomic mass is 32.2. The van der Waals surface area contributed by atoms with Crippen LogP contribution in [0.3, 0.4) is 0 Å². The van der Waals surface area contributed by atoms with Crippen molar-refractivity contribution in [1.29, 1.82) is 5.26 Å². The molecule has 6 nitrogen and oxygen atoms in total. The number of nitriles is 1. The molecular formula is C26H26N2O4S. The molecule has 0 radical (unpaired) electrons. The fourth-order valence-electron chi connectivity index (χ4n) is 3.61. The Morgan fingerprint density at radius 2 is 2.00 bits per heavy atom. The van der Waals surface area contributed by atoms with E-state index < -0.39 is 11.9 Å². The number of rotatable bonds is 9. The molecule has 2 aromatic rings. The highest BCUT2D eigenvalue weighted by Crippen LogP contribution is 2.43. The SMILES string of the molecule is C=CCOC(=O)C1=C(C)NC(SC)=C(C#N)[C@@H]1c1ccc(OCc2ccccc2)c(OC)c1. The summed E-state index contributed by atoms with van der Waals surface area (Å²) in [5, 5.41) is 13.8. The van der Waals surface area contributed by atoms with Crippen molar-refractivity contribution in [1.82, 2.24) is 5.32 Å². The van der Waals surface area contributed by atoms with Gasteiger partial charge < -0.3 is 19.5 Å². The van der Waals surface area contributed by atoms with E-state index in [0.717, 1.165) is 11.1 Å². The van der Waals surface area contributed by atoms with Crippen LogP contribution in [-0.2, 0) is 16.1 Å². The van der Waals surface area contributed by atoms with Crippen LogP contribution in [-0.4, -0.2) is 25.9 Å². The van der Waals surface area contributed by atoms with Crippen LogP contribution in [0.1, 0.15) is 24.0 Å². The molecule has 0 aromatic heterocycles. The number of carbonyl (C=O) groups excluding carboxylic acids is 1. The number of nitrogens with zero attached hydrogens (tertiary/aromatic N) is 1. The number of nitrogens with one attached hydrogen (secondary N) is 1. The molecule has 1 atom stereocenters. The van der Waals surface area contributed by atoms with Gasteiger partial charge in [0.05, 0.1) is 35.3 Å². The van der Waals surface area contributed by atoms with Crippen molar-refractivity contribution >= 4 is 17.7 Å². The van der Waals surface area contributed by atoms with Gasteiger partial charge in [-0.05, 0) is 36.4 Å². The Morgan fingerprint density at radius 3 is 2.64 bits per heavy atom. The van der Waals surface area contributed by atoms with Crippen molar-refractivity contribution in [3.8, 4) is 17.6 Å². The zero-order valence-corrected chi connectivity index (χ0v) is 19.7. The first-order valence-electron chi connectivity index (χ1n) is 10.3. The van der Waals surface area contributed by atoms with Gasteiger partial charge in [0.2, 0.25) is 0 Å². The Bertz CT molecular complexity index is 1130. The van der Waals surface area contributed by atoms with Gasteiger partial charge in [0.25, 0.3) is 0 Å². The van der Waals surface area contributed by atoms with Crippen LogP contribution in [0.2, 0.25) is 0 Å². The molecule has 3 rings (SSSR count). The first-order chi connectivity index (χ1) is 16.0. The van der Waals surface area contributed by atoms with Crippen molar-refractivity contribution < 1.29 is 19.0 Å². The molecule has 0 bridgehead atoms. The predicted octanol–water partition coefficient (Wildman–Crippen LogP) is 5.06. The molecule has 2 aromatic carbocycles. The maximum absolute atomic E-state index is 12.9. The molecule has 1 heterocycles. The molecule has 0 unspecified atom stereocenters. The van der Waals surface area contributed by atoms with Crippen molar-refractivity contribution in [2.24, 2.45) is 0 Å². The van der Waals surface area contributed by atoms with Crippen LogP contribution in [0.4, 0.5) is 0 Å². The summed E-state index contributed by atoms with van der Waals surface area (Å²) in [5.74, 6) is -0.0150. The molecule has 1 aliphatic heterocycles. The second-order valence-electron chi connectivity index (χ2n) is 7.23. The Labute approximate surface area is 198 Å². The predicted molar refractivity (Wildman–Crippen MR) is 130 cm³/mol. The fourth-order valence-corrected chi connectivity index (χ4v) is 4.25. The third-order valence-electron chi connectivity index (χ3n) is 5.16. The Hall–Kier alpha value is -3.63. The van der Waals surface area contributed by atoms with Crippen molar-refractivity contribution in [2.45, 2.75) is 19.4 Å². The van der Waals surface area contributed by atoms with Crippen molar-refractivity contribution in [3.05, 3.63) is 94.2 Å². The first kappa shape index (κ1) is 24.0. The van der Waals surface area contributed by atoms with Gasteiger partial charge in [-0.25, -0.2) is 4.79 Å². The molecule has 1 N–H and O–H groups in total. The summed E-state index contributed by atoms with van der Waals surface area (Å²) in [6.45, 7) is 5.87. The van der Waals surface area contributed by atoms with Crippen LogP contribution in [0, 0.1) is 11.3 Å². The lowest BCUT2D eigenvalue weighted by Gasteiger charge is -2.29. The van der Waals surface area contributed by atoms with Crippen molar-refractivity contribution in [2.75, 3.05) is 20.0 Å². The Morgan fingerprint density at radius 1 is 1.24 bits per heavy atom. The number of thioether (sulfide) groups is 1. The molecular weight excluding hydrogens is 436 g/mol. The van der Waals surface area contributed by atoms with Crippen LogP contribution in [0.15, 0.2) is 83.1 Å². The summed E-state index contributed by atoms with van der Waals surface area (Å²) >= 11 is 1.42. The number of hydrogen-bond donors (Lipinski definition) is 1. The smallest absolute Gasteiger partial charge is 0.337 e. The first-order valence-corrected chi connectivity index (χ1v) is 11.5. The minimum Gasteiger partial charge on any atom is -0.493 e. The lowest BCUT2D eigenvalue weighted by molar-refractivity contribution is -0.138. The maximum atomic E-state index is 12.9. The van der Waals surface area contributed by atoms with E-state index in [4.69, 9.17) is 14.2 Å². The van der Waals surface area contributed by atoms with E-state index in [2.05, 4.69) is 18.0 Å². The van der Waals surface area contributed by atoms with E-state index in [1.807, 2.05) is 42.7 Å². The summed E-state index contributed by atoms with van der Waals surface area (Å²) < 4.78 is 16.9. The number of allylic oxidation sites excluding steroid dienone is 2. The number of ether oxygens (including phenoxy) is 3. The minimum absolute atomic E-state index is 0.0822. The van der Waals surface area contributed by atoms with E-state index in [-0.39, 0.29) is 6.61 Å². The molecule has 170 valence electrons. The van der Waals surface area contributed by atoms with Crippen LogP contribution in [0.5, 0.6) is 11.5 Å². The van der Waals surface area contributed by atoms with E-state index in [1.54, 1.807) is 26.2 Å². The third kappa shape index (κ3) is 5.41. The third-order valence-corrected chi connectivity index (χ3v) is 5.89. The second-order valence-corrected chi connectivity index (χ2v) is 8.04. The van der Waals surface area contributed by atoms with Gasteiger partial charge in [0.1, 0.15) is 13.2 Å². The fraction of sp³-hybridized carbons (Fsp3) is 0.231. The molecule has 1 aliphatic rings. The average molecular weight is 463 g/mol. The lowest BCUT2D eigenvalue weighted by atomic mass is 9.82. The zero-order chi connectivity index (χ0) is 23.8. The topological polar surface area (TPSA) is 80.6 Å². The van der Waals surface area contributed by atoms with Gasteiger partial charge in [0, 0.05) is 5.70 Å². The molecule has 7 heteroatoms. The molecule has 0 aliphatic carbocycles. The molecule has 0 saturated carbocycles. The number of esters is 1. The van der Waals surface area contributed by atoms with Crippen LogP contribution < -0.4 is 14.8 Å². The van der Waals surface area contributed by atoms with Gasteiger partial charge in [-0.3, -0.25) is 0 Å². The van der Waals surface area contributed by atoms with E-state index >= 15 is 0 Å². The van der Waals surface area contributed by atoms with E-state index in [0.29, 0.717) is 40.0 Å². The largest absolute Gasteiger partial charge is 0.493 e. The normalized spacial score (nSPS) is 15.4. The number of hydrogen-bond acceptors (Lipinski definition) is 7. The molecule has 0 fully saturated rings.